The fraction of sp³-hybridized carbons (Fsp3) is 0.0833. The molecule has 1 aromatic carbocycles. The van der Waals surface area contributed by atoms with E-state index in [1.54, 1.807) is 0 Å². The molecule has 0 bridgehead atoms. The Kier molecular flexibility index (Phi) is 4.24. The molecule has 1 amide bonds. The van der Waals surface area contributed by atoms with Crippen LogP contribution in [0.15, 0.2) is 35.7 Å². The molecule has 0 aliphatic rings. The number of carbonyl (C=O) groups is 1. The van der Waals surface area contributed by atoms with Gasteiger partial charge in [-0.2, -0.15) is 0 Å². The molecule has 0 aliphatic heterocycles. The molecule has 1 N–H and O–H groups in total. The second-order valence-electron chi connectivity index (χ2n) is 3.98. The molecule has 8 nitrogen and oxygen atoms in total. The van der Waals surface area contributed by atoms with Crippen LogP contribution in [0.4, 0.5) is 11.4 Å². The summed E-state index contributed by atoms with van der Waals surface area (Å²) in [5.74, 6) is -0.648. The zero-order chi connectivity index (χ0) is 15.4. The molecule has 1 aromatic heterocycles. The van der Waals surface area contributed by atoms with Crippen LogP contribution < -0.4 is 5.32 Å². The Balaban J connectivity index is 2.23. The largest absolute Gasteiger partial charge is 0.347 e. The van der Waals surface area contributed by atoms with Crippen molar-refractivity contribution in [2.75, 3.05) is 0 Å². The Morgan fingerprint density at radius 1 is 1.19 bits per heavy atom. The van der Waals surface area contributed by atoms with Crippen LogP contribution in [-0.2, 0) is 6.54 Å². The number of hydrogen-bond donors (Lipinski definition) is 1. The SMILES string of the molecule is O=C(NCc1cccs1)c1ccc([N+](=O)[O-])cc1[N+](=O)[O-]. The molecule has 2 rings (SSSR count). The van der Waals surface area contributed by atoms with E-state index >= 15 is 0 Å². The first-order valence-electron chi connectivity index (χ1n) is 5.72. The van der Waals surface area contributed by atoms with Gasteiger partial charge in [0.15, 0.2) is 0 Å². The third kappa shape index (κ3) is 3.39. The smallest absolute Gasteiger partial charge is 0.289 e. The number of hydrogen-bond acceptors (Lipinski definition) is 6. The van der Waals surface area contributed by atoms with Crippen molar-refractivity contribution in [2.24, 2.45) is 0 Å². The van der Waals surface area contributed by atoms with Crippen LogP contribution in [0.1, 0.15) is 15.2 Å². The zero-order valence-corrected chi connectivity index (χ0v) is 11.3. The van der Waals surface area contributed by atoms with Gasteiger partial charge in [0.25, 0.3) is 17.3 Å². The first-order valence-corrected chi connectivity index (χ1v) is 6.60. The van der Waals surface area contributed by atoms with Crippen LogP contribution in [0, 0.1) is 20.2 Å². The number of non-ortho nitro benzene ring substituents is 1. The zero-order valence-electron chi connectivity index (χ0n) is 10.5. The molecule has 0 radical (unpaired) electrons. The second-order valence-corrected chi connectivity index (χ2v) is 5.01. The molecule has 0 atom stereocenters. The van der Waals surface area contributed by atoms with Crippen molar-refractivity contribution >= 4 is 28.6 Å². The Labute approximate surface area is 122 Å². The van der Waals surface area contributed by atoms with Crippen molar-refractivity contribution in [3.05, 3.63) is 66.4 Å². The number of nitro benzene ring substituents is 2. The predicted octanol–water partition coefficient (Wildman–Crippen LogP) is 2.49. The van der Waals surface area contributed by atoms with E-state index in [1.165, 1.54) is 11.3 Å². The van der Waals surface area contributed by atoms with Gasteiger partial charge in [0, 0.05) is 10.9 Å². The number of nitrogens with one attached hydrogen (secondary N) is 1. The lowest BCUT2D eigenvalue weighted by Gasteiger charge is -2.04. The Morgan fingerprint density at radius 3 is 2.52 bits per heavy atom. The number of nitro groups is 2. The number of benzene rings is 1. The van der Waals surface area contributed by atoms with Gasteiger partial charge in [-0.15, -0.1) is 11.3 Å². The molecule has 1 heterocycles. The molecular formula is C12H9N3O5S. The average Bonchev–Trinajstić information content (AvgIpc) is 2.97. The second kappa shape index (κ2) is 6.09. The predicted molar refractivity (Wildman–Crippen MR) is 75.2 cm³/mol. The fourth-order valence-electron chi connectivity index (χ4n) is 1.65. The first-order chi connectivity index (χ1) is 9.99. The minimum absolute atomic E-state index is 0.206. The topological polar surface area (TPSA) is 115 Å². The molecule has 2 aromatic rings. The maximum atomic E-state index is 12.0. The Hall–Kier alpha value is -2.81. The van der Waals surface area contributed by atoms with Gasteiger partial charge in [-0.1, -0.05) is 6.07 Å². The van der Waals surface area contributed by atoms with Crippen LogP contribution in [-0.4, -0.2) is 15.8 Å². The number of nitrogens with zero attached hydrogens (tertiary/aromatic N) is 2. The van der Waals surface area contributed by atoms with E-state index in [1.807, 2.05) is 17.5 Å². The van der Waals surface area contributed by atoms with Gasteiger partial charge in [-0.05, 0) is 17.5 Å². The Morgan fingerprint density at radius 2 is 1.95 bits per heavy atom. The van der Waals surface area contributed by atoms with E-state index in [2.05, 4.69) is 5.32 Å². The normalized spacial score (nSPS) is 10.1. The van der Waals surface area contributed by atoms with E-state index < -0.39 is 27.1 Å². The fourth-order valence-corrected chi connectivity index (χ4v) is 2.30. The van der Waals surface area contributed by atoms with Crippen molar-refractivity contribution < 1.29 is 14.6 Å². The van der Waals surface area contributed by atoms with Gasteiger partial charge in [0.2, 0.25) is 0 Å². The van der Waals surface area contributed by atoms with Crippen molar-refractivity contribution in [1.82, 2.24) is 5.32 Å². The van der Waals surface area contributed by atoms with Gasteiger partial charge in [0.05, 0.1) is 22.5 Å². The highest BCUT2D eigenvalue weighted by Gasteiger charge is 2.23. The minimum atomic E-state index is -0.812. The van der Waals surface area contributed by atoms with Crippen molar-refractivity contribution in [2.45, 2.75) is 6.54 Å². The molecule has 9 heteroatoms. The van der Waals surface area contributed by atoms with Crippen LogP contribution in [0.3, 0.4) is 0 Å². The first kappa shape index (κ1) is 14.6. The number of thiophene rings is 1. The monoisotopic (exact) mass is 307 g/mol. The summed E-state index contributed by atoms with van der Waals surface area (Å²) in [6, 6.07) is 6.56. The highest BCUT2D eigenvalue weighted by Crippen LogP contribution is 2.24. The number of rotatable bonds is 5. The lowest BCUT2D eigenvalue weighted by molar-refractivity contribution is -0.394. The minimum Gasteiger partial charge on any atom is -0.347 e. The standard InChI is InChI=1S/C12H9N3O5S/c16-12(13-7-9-2-1-5-21-9)10-4-3-8(14(17)18)6-11(10)15(19)20/h1-6H,7H2,(H,13,16). The molecule has 0 unspecified atom stereocenters. The van der Waals surface area contributed by atoms with E-state index in [-0.39, 0.29) is 12.1 Å². The van der Waals surface area contributed by atoms with Gasteiger partial charge in [-0.25, -0.2) is 0 Å². The van der Waals surface area contributed by atoms with Crippen molar-refractivity contribution in [3.63, 3.8) is 0 Å². The van der Waals surface area contributed by atoms with Crippen molar-refractivity contribution in [3.8, 4) is 0 Å². The maximum absolute atomic E-state index is 12.0. The third-order valence-electron chi connectivity index (χ3n) is 2.64. The summed E-state index contributed by atoms with van der Waals surface area (Å²) in [6.07, 6.45) is 0. The molecule has 0 saturated heterocycles. The summed E-state index contributed by atoms with van der Waals surface area (Å²) < 4.78 is 0. The molecule has 0 aliphatic carbocycles. The molecular weight excluding hydrogens is 298 g/mol. The van der Waals surface area contributed by atoms with Gasteiger partial charge in [-0.3, -0.25) is 25.0 Å². The molecule has 21 heavy (non-hydrogen) atoms. The number of carbonyl (C=O) groups excluding carboxylic acids is 1. The van der Waals surface area contributed by atoms with Crippen LogP contribution in [0.2, 0.25) is 0 Å². The molecule has 0 fully saturated rings. The van der Waals surface area contributed by atoms with E-state index in [4.69, 9.17) is 0 Å². The molecule has 0 spiro atoms. The summed E-state index contributed by atoms with van der Waals surface area (Å²) in [5, 5.41) is 25.9. The van der Waals surface area contributed by atoms with E-state index in [9.17, 15) is 25.0 Å². The van der Waals surface area contributed by atoms with Gasteiger partial charge >= 0.3 is 0 Å². The molecule has 0 saturated carbocycles. The third-order valence-corrected chi connectivity index (χ3v) is 3.51. The van der Waals surface area contributed by atoms with Gasteiger partial charge < -0.3 is 5.32 Å². The summed E-state index contributed by atoms with van der Waals surface area (Å²) in [6.45, 7) is 0.241. The van der Waals surface area contributed by atoms with Crippen molar-refractivity contribution in [1.29, 1.82) is 0 Å². The van der Waals surface area contributed by atoms with Crippen LogP contribution in [0.25, 0.3) is 0 Å². The summed E-state index contributed by atoms with van der Waals surface area (Å²) in [5.41, 5.74) is -1.23. The highest BCUT2D eigenvalue weighted by atomic mass is 32.1. The van der Waals surface area contributed by atoms with E-state index in [0.717, 1.165) is 23.1 Å². The van der Waals surface area contributed by atoms with Crippen LogP contribution in [0.5, 0.6) is 0 Å². The maximum Gasteiger partial charge on any atom is 0.289 e. The quantitative estimate of drug-likeness (QED) is 0.673. The molecule has 108 valence electrons. The average molecular weight is 307 g/mol. The highest BCUT2D eigenvalue weighted by molar-refractivity contribution is 7.09. The summed E-state index contributed by atoms with van der Waals surface area (Å²) >= 11 is 1.44. The lowest BCUT2D eigenvalue weighted by atomic mass is 10.1. The number of amides is 1. The van der Waals surface area contributed by atoms with Crippen LogP contribution >= 0.6 is 11.3 Å². The van der Waals surface area contributed by atoms with Gasteiger partial charge in [0.1, 0.15) is 5.56 Å². The van der Waals surface area contributed by atoms with E-state index in [0.29, 0.717) is 0 Å². The lowest BCUT2D eigenvalue weighted by Crippen LogP contribution is -2.23. The Bertz CT molecular complexity index is 699. The summed E-state index contributed by atoms with van der Waals surface area (Å²) in [4.78, 5) is 32.9. The summed E-state index contributed by atoms with van der Waals surface area (Å²) in [7, 11) is 0.